The van der Waals surface area contributed by atoms with Crippen LogP contribution in [0.4, 0.5) is 0 Å². The fraction of sp³-hybridized carbons (Fsp3) is 0.600. The molecule has 1 aromatic carbocycles. The quantitative estimate of drug-likeness (QED) is 0.703. The van der Waals surface area contributed by atoms with Crippen LogP contribution in [0.2, 0.25) is 0 Å². The Morgan fingerprint density at radius 1 is 1.10 bits per heavy atom. The van der Waals surface area contributed by atoms with Crippen LogP contribution in [0.3, 0.4) is 0 Å². The third kappa shape index (κ3) is 3.36. The monoisotopic (exact) mass is 421 g/mol. The molecule has 5 aliphatic heterocycles. The Bertz CT molecular complexity index is 921. The number of fused-ring (bicyclic) bond motifs is 5. The van der Waals surface area contributed by atoms with Gasteiger partial charge in [-0.1, -0.05) is 24.3 Å². The highest BCUT2D eigenvalue weighted by atomic mass is 16.5. The van der Waals surface area contributed by atoms with Crippen molar-refractivity contribution in [2.75, 3.05) is 32.8 Å². The molecule has 2 amide bonds. The normalized spacial score (nSPS) is 32.1. The minimum absolute atomic E-state index is 0.158. The van der Waals surface area contributed by atoms with Gasteiger partial charge in [-0.3, -0.25) is 14.5 Å². The molecule has 6 nitrogen and oxygen atoms in total. The minimum Gasteiger partial charge on any atom is -0.493 e. The Balaban J connectivity index is 1.26. The summed E-state index contributed by atoms with van der Waals surface area (Å²) in [5.41, 5.74) is 2.64. The molecule has 3 fully saturated rings. The lowest BCUT2D eigenvalue weighted by molar-refractivity contribution is -0.164. The van der Waals surface area contributed by atoms with Gasteiger partial charge < -0.3 is 14.5 Å². The number of amides is 2. The molecule has 6 heteroatoms. The van der Waals surface area contributed by atoms with Gasteiger partial charge in [0.2, 0.25) is 11.8 Å². The summed E-state index contributed by atoms with van der Waals surface area (Å²) in [7, 11) is 0. The maximum absolute atomic E-state index is 13.6. The van der Waals surface area contributed by atoms with Crippen LogP contribution < -0.4 is 4.74 Å². The van der Waals surface area contributed by atoms with E-state index in [1.807, 2.05) is 9.80 Å². The molecule has 31 heavy (non-hydrogen) atoms. The summed E-state index contributed by atoms with van der Waals surface area (Å²) < 4.78 is 5.66. The van der Waals surface area contributed by atoms with E-state index in [0.29, 0.717) is 25.4 Å². The molecule has 0 unspecified atom stereocenters. The van der Waals surface area contributed by atoms with E-state index < -0.39 is 0 Å². The van der Waals surface area contributed by atoms with Gasteiger partial charge in [0.05, 0.1) is 6.61 Å². The van der Waals surface area contributed by atoms with Gasteiger partial charge in [0.15, 0.2) is 0 Å². The SMILES string of the molecule is O=C([C@H]1[C@H]2C[C@H](CN(Cc3ccc4c(c3)CCO4)C2)[C@@H]2CCCC(=O)N21)N1CC=CC1. The van der Waals surface area contributed by atoms with Crippen LogP contribution in [0, 0.1) is 11.8 Å². The Kier molecular flexibility index (Phi) is 4.78. The van der Waals surface area contributed by atoms with Gasteiger partial charge in [-0.25, -0.2) is 0 Å². The molecular weight excluding hydrogens is 390 g/mol. The first-order valence-electron chi connectivity index (χ1n) is 11.9. The van der Waals surface area contributed by atoms with E-state index >= 15 is 0 Å². The summed E-state index contributed by atoms with van der Waals surface area (Å²) in [4.78, 5) is 33.0. The molecule has 0 radical (unpaired) electrons. The molecular formula is C25H31N3O3. The predicted octanol–water partition coefficient (Wildman–Crippen LogP) is 2.22. The van der Waals surface area contributed by atoms with Crippen molar-refractivity contribution in [2.24, 2.45) is 11.8 Å². The summed E-state index contributed by atoms with van der Waals surface area (Å²) >= 11 is 0. The number of carbonyl (C=O) groups excluding carboxylic acids is 2. The number of ether oxygens (including phenoxy) is 1. The van der Waals surface area contributed by atoms with E-state index in [2.05, 4.69) is 35.3 Å². The number of rotatable bonds is 3. The second-order valence-electron chi connectivity index (χ2n) is 9.91. The lowest BCUT2D eigenvalue weighted by Crippen LogP contribution is -2.68. The van der Waals surface area contributed by atoms with Crippen molar-refractivity contribution in [1.29, 1.82) is 0 Å². The number of piperidine rings is 3. The van der Waals surface area contributed by atoms with Crippen LogP contribution in [0.15, 0.2) is 30.4 Å². The molecule has 6 rings (SSSR count). The van der Waals surface area contributed by atoms with Crippen LogP contribution >= 0.6 is 0 Å². The average molecular weight is 422 g/mol. The van der Waals surface area contributed by atoms with E-state index in [-0.39, 0.29) is 29.8 Å². The van der Waals surface area contributed by atoms with E-state index in [0.717, 1.165) is 57.7 Å². The molecule has 2 bridgehead atoms. The number of likely N-dealkylation sites (tertiary alicyclic amines) is 1. The highest BCUT2D eigenvalue weighted by Crippen LogP contribution is 2.42. The largest absolute Gasteiger partial charge is 0.493 e. The number of hydrogen-bond donors (Lipinski definition) is 0. The van der Waals surface area contributed by atoms with Crippen molar-refractivity contribution in [3.05, 3.63) is 41.5 Å². The van der Waals surface area contributed by atoms with Crippen molar-refractivity contribution in [2.45, 2.75) is 50.7 Å². The zero-order valence-corrected chi connectivity index (χ0v) is 18.0. The number of nitrogens with zero attached hydrogens (tertiary/aromatic N) is 3. The van der Waals surface area contributed by atoms with E-state index in [1.54, 1.807) is 0 Å². The number of carbonyl (C=O) groups is 2. The molecule has 3 saturated heterocycles. The molecule has 4 atom stereocenters. The van der Waals surface area contributed by atoms with E-state index in [1.165, 1.54) is 11.1 Å². The highest BCUT2D eigenvalue weighted by Gasteiger charge is 2.52. The van der Waals surface area contributed by atoms with Crippen molar-refractivity contribution in [3.63, 3.8) is 0 Å². The summed E-state index contributed by atoms with van der Waals surface area (Å²) in [5.74, 6) is 2.08. The molecule has 0 aliphatic carbocycles. The zero-order chi connectivity index (χ0) is 20.9. The third-order valence-corrected chi connectivity index (χ3v) is 7.96. The fourth-order valence-corrected chi connectivity index (χ4v) is 6.64. The number of benzene rings is 1. The first kappa shape index (κ1) is 19.4. The van der Waals surface area contributed by atoms with Crippen LogP contribution in [-0.4, -0.2) is 71.4 Å². The van der Waals surface area contributed by atoms with E-state index in [9.17, 15) is 9.59 Å². The third-order valence-electron chi connectivity index (χ3n) is 7.96. The standard InChI is InChI=1S/C25H31N3O3/c29-23-5-3-4-21-19-13-20(24(28(21)23)25(30)27-9-1-2-10-27)16-26(15-19)14-17-6-7-22-18(12-17)8-11-31-22/h1-2,6-7,12,19-21,24H,3-5,8-11,13-16H2/t19-,20+,21+,24-/m1/s1. The van der Waals surface area contributed by atoms with Gasteiger partial charge >= 0.3 is 0 Å². The Morgan fingerprint density at radius 3 is 2.81 bits per heavy atom. The van der Waals surface area contributed by atoms with Crippen molar-refractivity contribution in [3.8, 4) is 5.75 Å². The smallest absolute Gasteiger partial charge is 0.246 e. The van der Waals surface area contributed by atoms with Crippen LogP contribution in [0.5, 0.6) is 5.75 Å². The molecule has 0 spiro atoms. The maximum atomic E-state index is 13.6. The zero-order valence-electron chi connectivity index (χ0n) is 18.0. The topological polar surface area (TPSA) is 53.1 Å². The molecule has 5 aliphatic rings. The number of hydrogen-bond acceptors (Lipinski definition) is 4. The summed E-state index contributed by atoms with van der Waals surface area (Å²) in [5, 5.41) is 0. The van der Waals surface area contributed by atoms with Gasteiger partial charge in [-0.15, -0.1) is 0 Å². The van der Waals surface area contributed by atoms with E-state index in [4.69, 9.17) is 4.74 Å². The van der Waals surface area contributed by atoms with Gasteiger partial charge in [0.1, 0.15) is 11.8 Å². The summed E-state index contributed by atoms with van der Waals surface area (Å²) in [6.45, 7) is 4.96. The second-order valence-corrected chi connectivity index (χ2v) is 9.91. The van der Waals surface area contributed by atoms with Crippen LogP contribution in [-0.2, 0) is 22.6 Å². The van der Waals surface area contributed by atoms with Crippen molar-refractivity contribution < 1.29 is 14.3 Å². The summed E-state index contributed by atoms with van der Waals surface area (Å²) in [6.07, 6.45) is 8.77. The Morgan fingerprint density at radius 2 is 1.94 bits per heavy atom. The Labute approximate surface area is 183 Å². The highest BCUT2D eigenvalue weighted by molar-refractivity contribution is 5.89. The van der Waals surface area contributed by atoms with Gasteiger partial charge in [0.25, 0.3) is 0 Å². The average Bonchev–Trinajstić information content (AvgIpc) is 3.46. The maximum Gasteiger partial charge on any atom is 0.246 e. The Hall–Kier alpha value is -2.34. The van der Waals surface area contributed by atoms with Crippen LogP contribution in [0.1, 0.15) is 36.8 Å². The van der Waals surface area contributed by atoms with Gasteiger partial charge in [-0.05, 0) is 42.4 Å². The molecule has 0 N–H and O–H groups in total. The first-order chi connectivity index (χ1) is 15.2. The minimum atomic E-state index is -0.287. The molecule has 0 aromatic heterocycles. The first-order valence-corrected chi connectivity index (χ1v) is 11.9. The van der Waals surface area contributed by atoms with Crippen molar-refractivity contribution in [1.82, 2.24) is 14.7 Å². The summed E-state index contributed by atoms with van der Waals surface area (Å²) in [6, 6.07) is 6.52. The molecule has 0 saturated carbocycles. The van der Waals surface area contributed by atoms with Crippen molar-refractivity contribution >= 4 is 11.8 Å². The van der Waals surface area contributed by atoms with Gasteiger partial charge in [0, 0.05) is 57.5 Å². The lowest BCUT2D eigenvalue weighted by atomic mass is 9.71. The second kappa shape index (κ2) is 7.66. The fourth-order valence-electron chi connectivity index (χ4n) is 6.64. The van der Waals surface area contributed by atoms with Gasteiger partial charge in [-0.2, -0.15) is 0 Å². The predicted molar refractivity (Wildman–Crippen MR) is 117 cm³/mol. The molecule has 1 aromatic rings. The molecule has 164 valence electrons. The molecule has 5 heterocycles. The lowest BCUT2D eigenvalue weighted by Gasteiger charge is -2.56. The van der Waals surface area contributed by atoms with Crippen LogP contribution in [0.25, 0.3) is 0 Å².